The van der Waals surface area contributed by atoms with Crippen molar-refractivity contribution in [3.05, 3.63) is 72.3 Å². The molecule has 0 radical (unpaired) electrons. The molecular weight excluding hydrogens is 378 g/mol. The van der Waals surface area contributed by atoms with E-state index in [1.54, 1.807) is 25.7 Å². The van der Waals surface area contributed by atoms with Gasteiger partial charge in [0, 0.05) is 25.1 Å². The number of rotatable bonds is 6. The van der Waals surface area contributed by atoms with E-state index < -0.39 is 0 Å². The number of amides is 1. The van der Waals surface area contributed by atoms with Crippen LogP contribution in [0.2, 0.25) is 0 Å². The maximum Gasteiger partial charge on any atom is 0.227 e. The van der Waals surface area contributed by atoms with Gasteiger partial charge >= 0.3 is 0 Å². The molecule has 0 aliphatic carbocycles. The minimum absolute atomic E-state index is 0.0579. The lowest BCUT2D eigenvalue weighted by molar-refractivity contribution is -0.134. The van der Waals surface area contributed by atoms with Crippen molar-refractivity contribution >= 4 is 17.5 Å². The van der Waals surface area contributed by atoms with E-state index in [-0.39, 0.29) is 11.9 Å². The summed E-state index contributed by atoms with van der Waals surface area (Å²) in [5.41, 5.74) is 2.05. The van der Waals surface area contributed by atoms with Gasteiger partial charge in [0.25, 0.3) is 0 Å². The van der Waals surface area contributed by atoms with Crippen LogP contribution in [0.3, 0.4) is 0 Å². The van der Waals surface area contributed by atoms with E-state index in [1.807, 2.05) is 47.5 Å². The number of hydrogen-bond donors (Lipinski definition) is 1. The number of benzene rings is 1. The van der Waals surface area contributed by atoms with Crippen molar-refractivity contribution in [2.75, 3.05) is 19.0 Å². The van der Waals surface area contributed by atoms with Gasteiger partial charge in [-0.2, -0.15) is 0 Å². The molecule has 3 heterocycles. The minimum Gasteiger partial charge on any atom is -0.497 e. The molecule has 30 heavy (non-hydrogen) atoms. The number of methoxy groups -OCH3 is 1. The first kappa shape index (κ1) is 19.8. The Morgan fingerprint density at radius 1 is 1.07 bits per heavy atom. The Bertz CT molecular complexity index is 961. The average molecular weight is 403 g/mol. The molecule has 1 fully saturated rings. The Labute approximate surface area is 176 Å². The van der Waals surface area contributed by atoms with Gasteiger partial charge in [-0.05, 0) is 48.6 Å². The standard InChI is InChI=1S/C23H25N5O2/c1-30-19-8-5-17(6-9-19)14-23(29)28-13-3-2-4-20(28)18-7-10-21(26-15-18)27-22-16-24-11-12-25-22/h5-12,15-16,20H,2-4,13-14H2,1H3,(H,25,26,27). The first-order valence-electron chi connectivity index (χ1n) is 10.1. The van der Waals surface area contributed by atoms with E-state index in [0.29, 0.717) is 18.1 Å². The maximum atomic E-state index is 13.1. The van der Waals surface area contributed by atoms with E-state index in [9.17, 15) is 4.79 Å². The first-order valence-corrected chi connectivity index (χ1v) is 10.1. The molecule has 1 amide bonds. The van der Waals surface area contributed by atoms with E-state index in [0.717, 1.165) is 42.7 Å². The number of carbonyl (C=O) groups is 1. The maximum absolute atomic E-state index is 13.1. The Hall–Kier alpha value is -3.48. The molecule has 1 aliphatic rings. The van der Waals surface area contributed by atoms with Crippen molar-refractivity contribution in [1.29, 1.82) is 0 Å². The van der Waals surface area contributed by atoms with E-state index in [1.165, 1.54) is 0 Å². The number of likely N-dealkylation sites (tertiary alicyclic amines) is 1. The Kier molecular flexibility index (Phi) is 6.17. The van der Waals surface area contributed by atoms with Crippen LogP contribution in [0.15, 0.2) is 61.2 Å². The Balaban J connectivity index is 1.45. The third kappa shape index (κ3) is 4.74. The van der Waals surface area contributed by atoms with Gasteiger partial charge in [0.1, 0.15) is 17.4 Å². The summed E-state index contributed by atoms with van der Waals surface area (Å²) in [7, 11) is 1.64. The fraction of sp³-hybridized carbons (Fsp3) is 0.304. The fourth-order valence-corrected chi connectivity index (χ4v) is 3.77. The van der Waals surface area contributed by atoms with Gasteiger partial charge in [0.15, 0.2) is 0 Å². The molecule has 1 aliphatic heterocycles. The average Bonchev–Trinajstić information content (AvgIpc) is 2.81. The molecule has 4 rings (SSSR count). The molecule has 2 aromatic heterocycles. The molecule has 1 aromatic carbocycles. The normalized spacial score (nSPS) is 16.2. The second-order valence-corrected chi connectivity index (χ2v) is 7.32. The molecule has 7 heteroatoms. The number of aromatic nitrogens is 3. The van der Waals surface area contributed by atoms with Gasteiger partial charge in [-0.1, -0.05) is 18.2 Å². The van der Waals surface area contributed by atoms with Crippen LogP contribution >= 0.6 is 0 Å². The molecule has 154 valence electrons. The predicted octanol–water partition coefficient (Wildman–Crippen LogP) is 3.92. The number of hydrogen-bond acceptors (Lipinski definition) is 6. The smallest absolute Gasteiger partial charge is 0.227 e. The summed E-state index contributed by atoms with van der Waals surface area (Å²) in [4.78, 5) is 27.8. The molecule has 1 saturated heterocycles. The summed E-state index contributed by atoms with van der Waals surface area (Å²) in [6.45, 7) is 0.777. The number of carbonyl (C=O) groups excluding carboxylic acids is 1. The van der Waals surface area contributed by atoms with E-state index in [4.69, 9.17) is 4.74 Å². The van der Waals surface area contributed by atoms with Crippen molar-refractivity contribution in [2.24, 2.45) is 0 Å². The lowest BCUT2D eigenvalue weighted by Gasteiger charge is -2.36. The van der Waals surface area contributed by atoms with Crippen LogP contribution in [0.4, 0.5) is 11.6 Å². The van der Waals surface area contributed by atoms with E-state index >= 15 is 0 Å². The van der Waals surface area contributed by atoms with Crippen molar-refractivity contribution < 1.29 is 9.53 Å². The number of anilines is 2. The quantitative estimate of drug-likeness (QED) is 0.672. The monoisotopic (exact) mass is 403 g/mol. The zero-order valence-corrected chi connectivity index (χ0v) is 17.0. The van der Waals surface area contributed by atoms with Gasteiger partial charge < -0.3 is 15.0 Å². The lowest BCUT2D eigenvalue weighted by atomic mass is 9.95. The summed E-state index contributed by atoms with van der Waals surface area (Å²) in [6, 6.07) is 11.7. The Morgan fingerprint density at radius 2 is 1.93 bits per heavy atom. The molecule has 7 nitrogen and oxygen atoms in total. The van der Waals surface area contributed by atoms with Crippen molar-refractivity contribution in [3.8, 4) is 5.75 Å². The summed E-state index contributed by atoms with van der Waals surface area (Å²) >= 11 is 0. The summed E-state index contributed by atoms with van der Waals surface area (Å²) in [5, 5.41) is 3.13. The molecule has 3 aromatic rings. The van der Waals surface area contributed by atoms with Crippen LogP contribution in [0.1, 0.15) is 36.4 Å². The highest BCUT2D eigenvalue weighted by molar-refractivity contribution is 5.79. The van der Waals surface area contributed by atoms with Crippen LogP contribution in [0, 0.1) is 0 Å². The van der Waals surface area contributed by atoms with Crippen LogP contribution in [0.5, 0.6) is 5.75 Å². The largest absolute Gasteiger partial charge is 0.497 e. The molecule has 0 saturated carbocycles. The zero-order valence-electron chi connectivity index (χ0n) is 17.0. The third-order valence-corrected chi connectivity index (χ3v) is 5.33. The molecule has 0 spiro atoms. The van der Waals surface area contributed by atoms with Gasteiger partial charge in [-0.3, -0.25) is 9.78 Å². The lowest BCUT2D eigenvalue weighted by Crippen LogP contribution is -2.39. The fourth-order valence-electron chi connectivity index (χ4n) is 3.77. The number of nitrogens with one attached hydrogen (secondary N) is 1. The number of nitrogens with zero attached hydrogens (tertiary/aromatic N) is 4. The second-order valence-electron chi connectivity index (χ2n) is 7.32. The van der Waals surface area contributed by atoms with Crippen LogP contribution in [-0.4, -0.2) is 39.4 Å². The highest BCUT2D eigenvalue weighted by Crippen LogP contribution is 2.31. The van der Waals surface area contributed by atoms with Crippen molar-refractivity contribution in [1.82, 2.24) is 19.9 Å². The Morgan fingerprint density at radius 3 is 2.63 bits per heavy atom. The van der Waals surface area contributed by atoms with Crippen molar-refractivity contribution in [3.63, 3.8) is 0 Å². The van der Waals surface area contributed by atoms with Gasteiger partial charge in [0.2, 0.25) is 5.91 Å². The first-order chi connectivity index (χ1) is 14.7. The third-order valence-electron chi connectivity index (χ3n) is 5.33. The number of ether oxygens (including phenoxy) is 1. The summed E-state index contributed by atoms with van der Waals surface area (Å²) < 4.78 is 5.20. The molecule has 1 atom stereocenters. The predicted molar refractivity (Wildman–Crippen MR) is 115 cm³/mol. The highest BCUT2D eigenvalue weighted by Gasteiger charge is 2.28. The number of piperidine rings is 1. The van der Waals surface area contributed by atoms with Crippen LogP contribution < -0.4 is 10.1 Å². The van der Waals surface area contributed by atoms with Gasteiger partial charge in [0.05, 0.1) is 25.8 Å². The topological polar surface area (TPSA) is 80.2 Å². The van der Waals surface area contributed by atoms with Gasteiger partial charge in [-0.25, -0.2) is 9.97 Å². The van der Waals surface area contributed by atoms with Gasteiger partial charge in [-0.15, -0.1) is 0 Å². The molecule has 1 N–H and O–H groups in total. The summed E-state index contributed by atoms with van der Waals surface area (Å²) in [5.74, 6) is 2.29. The number of pyridine rings is 1. The SMILES string of the molecule is COc1ccc(CC(=O)N2CCCCC2c2ccc(Nc3cnccn3)nc2)cc1. The van der Waals surface area contributed by atoms with E-state index in [2.05, 4.69) is 20.3 Å². The minimum atomic E-state index is 0.0579. The zero-order chi connectivity index (χ0) is 20.8. The molecular formula is C23H25N5O2. The van der Waals surface area contributed by atoms with Crippen LogP contribution in [-0.2, 0) is 11.2 Å². The molecule has 0 bridgehead atoms. The second kappa shape index (κ2) is 9.35. The van der Waals surface area contributed by atoms with Crippen molar-refractivity contribution in [2.45, 2.75) is 31.7 Å². The highest BCUT2D eigenvalue weighted by atomic mass is 16.5. The summed E-state index contributed by atoms with van der Waals surface area (Å²) in [6.07, 6.45) is 10.2. The van der Waals surface area contributed by atoms with Crippen LogP contribution in [0.25, 0.3) is 0 Å². The molecule has 1 unspecified atom stereocenters.